The smallest absolute Gasteiger partial charge is 0.0341 e. The summed E-state index contributed by atoms with van der Waals surface area (Å²) in [6.07, 6.45) is 0. The van der Waals surface area contributed by atoms with Crippen LogP contribution in [0.4, 0.5) is 0 Å². The first-order chi connectivity index (χ1) is 7.95. The van der Waals surface area contributed by atoms with Crippen LogP contribution in [-0.4, -0.2) is 20.1 Å². The van der Waals surface area contributed by atoms with E-state index in [1.165, 1.54) is 5.56 Å². The third kappa shape index (κ3) is 4.23. The highest BCUT2D eigenvalue weighted by Gasteiger charge is 2.12. The molecule has 2 heteroatoms. The van der Waals surface area contributed by atoms with Crippen molar-refractivity contribution in [1.29, 1.82) is 0 Å². The predicted octanol–water partition coefficient (Wildman–Crippen LogP) is 2.76. The number of benzene rings is 1. The molecule has 0 aliphatic rings. The minimum absolute atomic E-state index is 0.208. The molecule has 0 aliphatic carbocycles. The Labute approximate surface area is 105 Å². The Morgan fingerprint density at radius 2 is 1.71 bits per heavy atom. The van der Waals surface area contributed by atoms with Gasteiger partial charge in [-0.2, -0.15) is 0 Å². The number of rotatable bonds is 5. The Balaban J connectivity index is 2.64. The van der Waals surface area contributed by atoms with E-state index in [-0.39, 0.29) is 5.41 Å². The van der Waals surface area contributed by atoms with Gasteiger partial charge in [0.2, 0.25) is 0 Å². The van der Waals surface area contributed by atoms with Crippen LogP contribution < -0.4 is 10.6 Å². The first-order valence-electron chi connectivity index (χ1n) is 6.13. The van der Waals surface area contributed by atoms with Gasteiger partial charge in [0.1, 0.15) is 0 Å². The van der Waals surface area contributed by atoms with E-state index in [4.69, 9.17) is 0 Å². The third-order valence-electron chi connectivity index (χ3n) is 2.81. The minimum atomic E-state index is 0.208. The predicted molar refractivity (Wildman–Crippen MR) is 76.1 cm³/mol. The molecule has 2 N–H and O–H groups in total. The Bertz CT molecular complexity index is 358. The van der Waals surface area contributed by atoms with Gasteiger partial charge in [-0.15, -0.1) is 0 Å². The van der Waals surface area contributed by atoms with Gasteiger partial charge >= 0.3 is 0 Å². The second-order valence-electron chi connectivity index (χ2n) is 5.34. The minimum Gasteiger partial charge on any atom is -0.384 e. The molecule has 0 saturated carbocycles. The van der Waals surface area contributed by atoms with Crippen molar-refractivity contribution in [3.63, 3.8) is 0 Å². The third-order valence-corrected chi connectivity index (χ3v) is 2.81. The molecule has 94 valence electrons. The van der Waals surface area contributed by atoms with Crippen molar-refractivity contribution in [3.8, 4) is 0 Å². The lowest BCUT2D eigenvalue weighted by Gasteiger charge is -2.19. The first-order valence-corrected chi connectivity index (χ1v) is 6.13. The molecule has 0 fully saturated rings. The zero-order valence-corrected chi connectivity index (χ0v) is 11.4. The quantitative estimate of drug-likeness (QED) is 0.763. The van der Waals surface area contributed by atoms with E-state index in [0.29, 0.717) is 0 Å². The summed E-state index contributed by atoms with van der Waals surface area (Å²) in [5, 5.41) is 6.40. The van der Waals surface area contributed by atoms with Crippen LogP contribution in [0.3, 0.4) is 0 Å². The average Bonchev–Trinajstić information content (AvgIpc) is 2.28. The largest absolute Gasteiger partial charge is 0.384 e. The van der Waals surface area contributed by atoms with Gasteiger partial charge in [-0.25, -0.2) is 0 Å². The number of hydrogen-bond acceptors (Lipinski definition) is 2. The Kier molecular flexibility index (Phi) is 4.76. The van der Waals surface area contributed by atoms with Crippen LogP contribution in [0.25, 0.3) is 5.70 Å². The van der Waals surface area contributed by atoms with Gasteiger partial charge in [-0.1, -0.05) is 51.6 Å². The fourth-order valence-electron chi connectivity index (χ4n) is 1.61. The summed E-state index contributed by atoms with van der Waals surface area (Å²) in [5.41, 5.74) is 3.71. The Morgan fingerprint density at radius 3 is 2.18 bits per heavy atom. The maximum atomic E-state index is 4.05. The molecular weight excluding hydrogens is 208 g/mol. The van der Waals surface area contributed by atoms with Crippen molar-refractivity contribution in [2.24, 2.45) is 0 Å². The second kappa shape index (κ2) is 5.87. The molecule has 17 heavy (non-hydrogen) atoms. The van der Waals surface area contributed by atoms with Crippen molar-refractivity contribution < 1.29 is 0 Å². The Morgan fingerprint density at radius 1 is 1.12 bits per heavy atom. The van der Waals surface area contributed by atoms with E-state index in [1.54, 1.807) is 0 Å². The SMILES string of the molecule is C=C(NCCNC)c1ccc(C(C)(C)C)cc1. The van der Waals surface area contributed by atoms with Crippen LogP contribution in [0.1, 0.15) is 31.9 Å². The lowest BCUT2D eigenvalue weighted by molar-refractivity contribution is 0.590. The van der Waals surface area contributed by atoms with Crippen LogP contribution in [-0.2, 0) is 5.41 Å². The van der Waals surface area contributed by atoms with Crippen molar-refractivity contribution in [1.82, 2.24) is 10.6 Å². The normalized spacial score (nSPS) is 11.3. The molecule has 0 radical (unpaired) electrons. The van der Waals surface area contributed by atoms with Gasteiger partial charge < -0.3 is 10.6 Å². The number of nitrogens with one attached hydrogen (secondary N) is 2. The number of likely N-dealkylation sites (N-methyl/N-ethyl adjacent to an activating group) is 1. The molecule has 0 spiro atoms. The van der Waals surface area contributed by atoms with Gasteiger partial charge in [0.15, 0.2) is 0 Å². The molecule has 2 nitrogen and oxygen atoms in total. The molecule has 0 unspecified atom stereocenters. The Hall–Kier alpha value is -1.28. The number of hydrogen-bond donors (Lipinski definition) is 2. The van der Waals surface area contributed by atoms with Crippen LogP contribution in [0, 0.1) is 0 Å². The zero-order valence-electron chi connectivity index (χ0n) is 11.4. The van der Waals surface area contributed by atoms with E-state index in [9.17, 15) is 0 Å². The molecule has 1 rings (SSSR count). The van der Waals surface area contributed by atoms with Crippen molar-refractivity contribution in [2.45, 2.75) is 26.2 Å². The highest BCUT2D eigenvalue weighted by Crippen LogP contribution is 2.23. The fraction of sp³-hybridized carbons (Fsp3) is 0.467. The highest BCUT2D eigenvalue weighted by atomic mass is 14.9. The van der Waals surface area contributed by atoms with E-state index in [0.717, 1.165) is 24.4 Å². The molecule has 0 heterocycles. The monoisotopic (exact) mass is 232 g/mol. The first kappa shape index (κ1) is 13.8. The maximum Gasteiger partial charge on any atom is 0.0341 e. The van der Waals surface area contributed by atoms with Crippen molar-refractivity contribution in [3.05, 3.63) is 42.0 Å². The molecule has 0 bridgehead atoms. The summed E-state index contributed by atoms with van der Waals surface area (Å²) in [4.78, 5) is 0. The van der Waals surface area contributed by atoms with Gasteiger partial charge in [-0.3, -0.25) is 0 Å². The van der Waals surface area contributed by atoms with Crippen LogP contribution >= 0.6 is 0 Å². The van der Waals surface area contributed by atoms with Crippen LogP contribution in [0.15, 0.2) is 30.8 Å². The van der Waals surface area contributed by atoms with Crippen LogP contribution in [0.5, 0.6) is 0 Å². The standard InChI is InChI=1S/C15H24N2/c1-12(17-11-10-16-5)13-6-8-14(9-7-13)15(2,3)4/h6-9,16-17H,1,10-11H2,2-5H3. The lowest BCUT2D eigenvalue weighted by atomic mass is 9.86. The van der Waals surface area contributed by atoms with Gasteiger partial charge in [0, 0.05) is 18.8 Å². The highest BCUT2D eigenvalue weighted by molar-refractivity contribution is 5.61. The maximum absolute atomic E-state index is 4.05. The topological polar surface area (TPSA) is 24.1 Å². The van der Waals surface area contributed by atoms with E-state index >= 15 is 0 Å². The molecule has 0 aliphatic heterocycles. The molecule has 0 saturated heterocycles. The fourth-order valence-corrected chi connectivity index (χ4v) is 1.61. The molecule has 0 amide bonds. The van der Waals surface area contributed by atoms with E-state index in [2.05, 4.69) is 62.2 Å². The summed E-state index contributed by atoms with van der Waals surface area (Å²) in [5.74, 6) is 0. The second-order valence-corrected chi connectivity index (χ2v) is 5.34. The summed E-state index contributed by atoms with van der Waals surface area (Å²) in [7, 11) is 1.95. The van der Waals surface area contributed by atoms with Gasteiger partial charge in [0.25, 0.3) is 0 Å². The lowest BCUT2D eigenvalue weighted by Crippen LogP contribution is -2.23. The van der Waals surface area contributed by atoms with Gasteiger partial charge in [0.05, 0.1) is 0 Å². The molecular formula is C15H24N2. The summed E-state index contributed by atoms with van der Waals surface area (Å²) < 4.78 is 0. The zero-order chi connectivity index (χ0) is 12.9. The summed E-state index contributed by atoms with van der Waals surface area (Å²) in [6.45, 7) is 12.6. The van der Waals surface area contributed by atoms with Crippen molar-refractivity contribution in [2.75, 3.05) is 20.1 Å². The molecule has 1 aromatic rings. The van der Waals surface area contributed by atoms with Gasteiger partial charge in [-0.05, 0) is 23.6 Å². The van der Waals surface area contributed by atoms with E-state index < -0.39 is 0 Å². The van der Waals surface area contributed by atoms with E-state index in [1.807, 2.05) is 7.05 Å². The van der Waals surface area contributed by atoms with Crippen LogP contribution in [0.2, 0.25) is 0 Å². The summed E-state index contributed by atoms with van der Waals surface area (Å²) in [6, 6.07) is 8.63. The summed E-state index contributed by atoms with van der Waals surface area (Å²) >= 11 is 0. The average molecular weight is 232 g/mol. The molecule has 0 aromatic heterocycles. The molecule has 0 atom stereocenters. The van der Waals surface area contributed by atoms with Crippen molar-refractivity contribution >= 4 is 5.70 Å². The molecule has 1 aromatic carbocycles.